The summed E-state index contributed by atoms with van der Waals surface area (Å²) in [6, 6.07) is 1.32. The van der Waals surface area contributed by atoms with Crippen LogP contribution in [0.4, 0.5) is 18.9 Å². The molecule has 2 nitrogen and oxygen atoms in total. The molecule has 0 radical (unpaired) electrons. The van der Waals surface area contributed by atoms with Crippen LogP contribution < -0.4 is 5.32 Å². The first-order valence-corrected chi connectivity index (χ1v) is 5.30. The first-order valence-electron chi connectivity index (χ1n) is 4.42. The topological polar surface area (TPSA) is 24.9 Å². The third-order valence-electron chi connectivity index (χ3n) is 1.95. The third-order valence-corrected chi connectivity index (χ3v) is 2.73. The number of benzene rings is 1. The number of hydrogen-bond acceptors (Lipinski definition) is 3. The highest BCUT2D eigenvalue weighted by molar-refractivity contribution is 7.09. The van der Waals surface area contributed by atoms with Gasteiger partial charge in [0.05, 0.1) is 17.7 Å². The molecule has 1 N–H and O–H groups in total. The van der Waals surface area contributed by atoms with Crippen LogP contribution in [-0.4, -0.2) is 4.98 Å². The van der Waals surface area contributed by atoms with E-state index in [-0.39, 0.29) is 5.69 Å². The SMILES string of the molecule is Fc1cc(F)c(NCc2cncs2)cc1F. The van der Waals surface area contributed by atoms with E-state index < -0.39 is 17.5 Å². The van der Waals surface area contributed by atoms with E-state index in [2.05, 4.69) is 10.3 Å². The van der Waals surface area contributed by atoms with E-state index in [4.69, 9.17) is 0 Å². The molecule has 1 heterocycles. The van der Waals surface area contributed by atoms with Crippen molar-refractivity contribution in [2.75, 3.05) is 5.32 Å². The summed E-state index contributed by atoms with van der Waals surface area (Å²) in [5.41, 5.74) is 1.57. The molecule has 16 heavy (non-hydrogen) atoms. The number of halogens is 3. The van der Waals surface area contributed by atoms with Crippen molar-refractivity contribution < 1.29 is 13.2 Å². The summed E-state index contributed by atoms with van der Waals surface area (Å²) in [6.45, 7) is 0.326. The molecule has 0 aliphatic heterocycles. The van der Waals surface area contributed by atoms with Crippen molar-refractivity contribution >= 4 is 17.0 Å². The van der Waals surface area contributed by atoms with Gasteiger partial charge in [-0.3, -0.25) is 4.98 Å². The Morgan fingerprint density at radius 1 is 1.12 bits per heavy atom. The fraction of sp³-hybridized carbons (Fsp3) is 0.100. The van der Waals surface area contributed by atoms with Gasteiger partial charge in [0, 0.05) is 23.2 Å². The Morgan fingerprint density at radius 2 is 1.88 bits per heavy atom. The molecule has 0 saturated carbocycles. The molecule has 0 aliphatic carbocycles. The molecule has 0 unspecified atom stereocenters. The second-order valence-electron chi connectivity index (χ2n) is 3.07. The number of thiazole rings is 1. The average molecular weight is 244 g/mol. The van der Waals surface area contributed by atoms with Crippen molar-refractivity contribution in [2.45, 2.75) is 6.54 Å². The standard InChI is InChI=1S/C10H7F3N2S/c11-7-1-9(13)10(2-8(7)12)15-4-6-3-14-5-16-6/h1-3,5,15H,4H2. The minimum absolute atomic E-state index is 0.0627. The maximum absolute atomic E-state index is 13.2. The van der Waals surface area contributed by atoms with Gasteiger partial charge in [-0.15, -0.1) is 11.3 Å². The molecular formula is C10H7F3N2S. The molecule has 2 rings (SSSR count). The first-order chi connectivity index (χ1) is 7.66. The Labute approximate surface area is 93.8 Å². The molecule has 0 saturated heterocycles. The Bertz CT molecular complexity index is 485. The minimum Gasteiger partial charge on any atom is -0.378 e. The summed E-state index contributed by atoms with van der Waals surface area (Å²) in [7, 11) is 0. The number of hydrogen-bond donors (Lipinski definition) is 1. The fourth-order valence-corrected chi connectivity index (χ4v) is 1.70. The number of anilines is 1. The van der Waals surface area contributed by atoms with Crippen LogP contribution in [0.15, 0.2) is 23.8 Å². The van der Waals surface area contributed by atoms with Gasteiger partial charge in [-0.05, 0) is 0 Å². The van der Waals surface area contributed by atoms with Crippen LogP contribution in [0.2, 0.25) is 0 Å². The van der Waals surface area contributed by atoms with Gasteiger partial charge >= 0.3 is 0 Å². The molecule has 0 fully saturated rings. The highest BCUT2D eigenvalue weighted by atomic mass is 32.1. The molecule has 1 aromatic heterocycles. The van der Waals surface area contributed by atoms with Gasteiger partial charge in [-0.1, -0.05) is 0 Å². The molecule has 0 atom stereocenters. The lowest BCUT2D eigenvalue weighted by Gasteiger charge is -2.06. The number of nitrogens with zero attached hydrogens (tertiary/aromatic N) is 1. The fourth-order valence-electron chi connectivity index (χ4n) is 1.17. The smallest absolute Gasteiger partial charge is 0.161 e. The summed E-state index contributed by atoms with van der Waals surface area (Å²) < 4.78 is 38.6. The van der Waals surface area contributed by atoms with E-state index >= 15 is 0 Å². The molecule has 0 bridgehead atoms. The largest absolute Gasteiger partial charge is 0.378 e. The Morgan fingerprint density at radius 3 is 2.56 bits per heavy atom. The van der Waals surface area contributed by atoms with E-state index in [9.17, 15) is 13.2 Å². The predicted molar refractivity (Wildman–Crippen MR) is 55.8 cm³/mol. The lowest BCUT2D eigenvalue weighted by Crippen LogP contribution is -2.01. The molecule has 6 heteroatoms. The van der Waals surface area contributed by atoms with Crippen molar-refractivity contribution in [1.82, 2.24) is 4.98 Å². The maximum Gasteiger partial charge on any atom is 0.161 e. The molecule has 0 spiro atoms. The van der Waals surface area contributed by atoms with Crippen molar-refractivity contribution in [3.8, 4) is 0 Å². The van der Waals surface area contributed by atoms with Crippen molar-refractivity contribution in [3.05, 3.63) is 46.2 Å². The van der Waals surface area contributed by atoms with E-state index in [0.29, 0.717) is 12.6 Å². The van der Waals surface area contributed by atoms with Crippen molar-refractivity contribution in [1.29, 1.82) is 0 Å². The van der Waals surface area contributed by atoms with Gasteiger partial charge in [0.15, 0.2) is 11.6 Å². The van der Waals surface area contributed by atoms with Crippen molar-refractivity contribution in [2.24, 2.45) is 0 Å². The number of aromatic nitrogens is 1. The molecule has 0 amide bonds. The Kier molecular flexibility index (Phi) is 3.09. The summed E-state index contributed by atoms with van der Waals surface area (Å²) in [5, 5.41) is 2.67. The molecule has 2 aromatic rings. The van der Waals surface area contributed by atoms with Crippen LogP contribution in [-0.2, 0) is 6.54 Å². The highest BCUT2D eigenvalue weighted by Crippen LogP contribution is 2.19. The zero-order valence-corrected chi connectivity index (χ0v) is 8.82. The van der Waals surface area contributed by atoms with E-state index in [0.717, 1.165) is 10.9 Å². The van der Waals surface area contributed by atoms with Gasteiger partial charge in [-0.2, -0.15) is 0 Å². The van der Waals surface area contributed by atoms with Crippen LogP contribution in [0.25, 0.3) is 0 Å². The monoisotopic (exact) mass is 244 g/mol. The highest BCUT2D eigenvalue weighted by Gasteiger charge is 2.09. The van der Waals surface area contributed by atoms with E-state index in [1.807, 2.05) is 0 Å². The van der Waals surface area contributed by atoms with Gasteiger partial charge in [0.1, 0.15) is 5.82 Å². The summed E-state index contributed by atoms with van der Waals surface area (Å²) >= 11 is 1.39. The molecular weight excluding hydrogens is 237 g/mol. The summed E-state index contributed by atoms with van der Waals surface area (Å²) in [6.07, 6.45) is 1.62. The number of nitrogens with one attached hydrogen (secondary N) is 1. The lowest BCUT2D eigenvalue weighted by molar-refractivity contribution is 0.496. The van der Waals surface area contributed by atoms with Crippen LogP contribution >= 0.6 is 11.3 Å². The normalized spacial score (nSPS) is 10.4. The van der Waals surface area contributed by atoms with Crippen LogP contribution in [0.5, 0.6) is 0 Å². The van der Waals surface area contributed by atoms with Crippen LogP contribution in [0, 0.1) is 17.5 Å². The zero-order valence-electron chi connectivity index (χ0n) is 8.01. The maximum atomic E-state index is 13.2. The van der Waals surface area contributed by atoms with Crippen molar-refractivity contribution in [3.63, 3.8) is 0 Å². The third kappa shape index (κ3) is 2.33. The van der Waals surface area contributed by atoms with Gasteiger partial charge in [-0.25, -0.2) is 13.2 Å². The molecule has 84 valence electrons. The quantitative estimate of drug-likeness (QED) is 0.839. The average Bonchev–Trinajstić information content (AvgIpc) is 2.74. The lowest BCUT2D eigenvalue weighted by atomic mass is 10.3. The Hall–Kier alpha value is -1.56. The summed E-state index contributed by atoms with van der Waals surface area (Å²) in [4.78, 5) is 4.72. The molecule has 1 aromatic carbocycles. The van der Waals surface area contributed by atoms with Gasteiger partial charge in [0.2, 0.25) is 0 Å². The van der Waals surface area contributed by atoms with Gasteiger partial charge in [0.25, 0.3) is 0 Å². The van der Waals surface area contributed by atoms with Crippen LogP contribution in [0.1, 0.15) is 4.88 Å². The second kappa shape index (κ2) is 4.52. The second-order valence-corrected chi connectivity index (χ2v) is 4.04. The van der Waals surface area contributed by atoms with E-state index in [1.54, 1.807) is 11.7 Å². The van der Waals surface area contributed by atoms with E-state index in [1.165, 1.54) is 11.3 Å². The molecule has 0 aliphatic rings. The first kappa shape index (κ1) is 10.9. The van der Waals surface area contributed by atoms with Gasteiger partial charge < -0.3 is 5.32 Å². The summed E-state index contributed by atoms with van der Waals surface area (Å²) in [5.74, 6) is -3.09. The minimum atomic E-state index is -1.19. The zero-order chi connectivity index (χ0) is 11.5. The predicted octanol–water partition coefficient (Wildman–Crippen LogP) is 3.17. The Balaban J connectivity index is 2.12. The number of rotatable bonds is 3. The van der Waals surface area contributed by atoms with Crippen LogP contribution in [0.3, 0.4) is 0 Å².